The van der Waals surface area contributed by atoms with Gasteiger partial charge in [-0.2, -0.15) is 9.97 Å². The first-order valence-corrected chi connectivity index (χ1v) is 21.3. The van der Waals surface area contributed by atoms with Crippen molar-refractivity contribution in [3.8, 4) is 6.01 Å². The van der Waals surface area contributed by atoms with Crippen LogP contribution < -0.4 is 15.7 Å². The summed E-state index contributed by atoms with van der Waals surface area (Å²) >= 11 is 0. The monoisotopic (exact) mass is 766 g/mol. The number of anilines is 1. The van der Waals surface area contributed by atoms with Gasteiger partial charge in [-0.25, -0.2) is 4.79 Å². The van der Waals surface area contributed by atoms with Crippen molar-refractivity contribution in [2.24, 2.45) is 0 Å². The Kier molecular flexibility index (Phi) is 22.3. The van der Waals surface area contributed by atoms with Crippen LogP contribution in [0.5, 0.6) is 6.01 Å². The highest BCUT2D eigenvalue weighted by Crippen LogP contribution is 2.22. The standard InChI is InChI=1S/C43H71N7O5/c1-6-9-11-12-13-14-15-16-17-21-29-49(8-3)30-23-28-48(4)27-20-18-19-26-37(51)44-40-39-41(47-42(46-40)55-31-10-7-2)50(43(53)45-39)34-36-25-22-24-35(32-36)33-38(52)54-5/h22,24-25,32H,6-21,23,26-31,33-34H2,1-5H3,(H,45,53)(H,44,46,47,51). The second-order valence-electron chi connectivity index (χ2n) is 15.0. The number of nitrogens with zero attached hydrogens (tertiary/aromatic N) is 5. The number of imidazole rings is 1. The number of fused-ring (bicyclic) bond motifs is 1. The lowest BCUT2D eigenvalue weighted by atomic mass is 10.1. The summed E-state index contributed by atoms with van der Waals surface area (Å²) in [5.74, 6) is -0.278. The molecule has 0 atom stereocenters. The number of carbonyl (C=O) groups is 2. The number of hydrogen-bond acceptors (Lipinski definition) is 9. The molecule has 55 heavy (non-hydrogen) atoms. The molecule has 12 heteroatoms. The fourth-order valence-electron chi connectivity index (χ4n) is 6.84. The van der Waals surface area contributed by atoms with Crippen molar-refractivity contribution in [1.29, 1.82) is 0 Å². The lowest BCUT2D eigenvalue weighted by Gasteiger charge is -2.22. The third-order valence-corrected chi connectivity index (χ3v) is 10.2. The summed E-state index contributed by atoms with van der Waals surface area (Å²) in [6, 6.07) is 7.53. The summed E-state index contributed by atoms with van der Waals surface area (Å²) in [6.07, 6.45) is 19.9. The number of benzene rings is 1. The van der Waals surface area contributed by atoms with Gasteiger partial charge in [-0.1, -0.05) is 116 Å². The molecule has 0 unspecified atom stereocenters. The smallest absolute Gasteiger partial charge is 0.328 e. The molecular formula is C43H71N7O5. The first kappa shape index (κ1) is 45.6. The lowest BCUT2D eigenvalue weighted by molar-refractivity contribution is -0.139. The molecule has 0 aliphatic rings. The van der Waals surface area contributed by atoms with Crippen LogP contribution in [0.25, 0.3) is 11.2 Å². The third-order valence-electron chi connectivity index (χ3n) is 10.2. The maximum absolute atomic E-state index is 13.2. The van der Waals surface area contributed by atoms with E-state index in [4.69, 9.17) is 9.47 Å². The Hall–Kier alpha value is -3.77. The minimum Gasteiger partial charge on any atom is -0.469 e. The summed E-state index contributed by atoms with van der Waals surface area (Å²) in [4.78, 5) is 55.0. The Morgan fingerprint density at radius 3 is 2.15 bits per heavy atom. The van der Waals surface area contributed by atoms with Gasteiger partial charge in [-0.15, -0.1) is 0 Å². The summed E-state index contributed by atoms with van der Waals surface area (Å²) in [7, 11) is 3.55. The highest BCUT2D eigenvalue weighted by atomic mass is 16.5. The highest BCUT2D eigenvalue weighted by molar-refractivity contribution is 5.97. The number of rotatable bonds is 31. The van der Waals surface area contributed by atoms with Crippen LogP contribution in [0.15, 0.2) is 29.1 Å². The van der Waals surface area contributed by atoms with Crippen LogP contribution in [0, 0.1) is 0 Å². The van der Waals surface area contributed by atoms with Gasteiger partial charge in [0.25, 0.3) is 0 Å². The summed E-state index contributed by atoms with van der Waals surface area (Å²) in [5.41, 5.74) is 1.89. The quantitative estimate of drug-likeness (QED) is 0.0492. The van der Waals surface area contributed by atoms with E-state index in [1.165, 1.54) is 88.9 Å². The average Bonchev–Trinajstić information content (AvgIpc) is 3.49. The number of amides is 1. The number of hydrogen-bond donors (Lipinski definition) is 2. The van der Waals surface area contributed by atoms with Crippen molar-refractivity contribution in [1.82, 2.24) is 29.3 Å². The van der Waals surface area contributed by atoms with Crippen LogP contribution in [-0.2, 0) is 27.3 Å². The zero-order valence-corrected chi connectivity index (χ0v) is 34.8. The minimum atomic E-state index is -0.385. The number of esters is 1. The summed E-state index contributed by atoms with van der Waals surface area (Å²) in [6.45, 7) is 12.8. The molecule has 2 aromatic heterocycles. The SMILES string of the molecule is CCCCCCCCCCCCN(CC)CCCN(C)CCCCCC(=O)Nc1nc(OCCCC)nc2c1[nH]c(=O)n2Cc1cccc(CC(=O)OC)c1. The molecule has 2 N–H and O–H groups in total. The van der Waals surface area contributed by atoms with Crippen LogP contribution in [0.3, 0.4) is 0 Å². The van der Waals surface area contributed by atoms with Crippen molar-refractivity contribution in [3.05, 3.63) is 45.9 Å². The summed E-state index contributed by atoms with van der Waals surface area (Å²) < 4.78 is 12.1. The van der Waals surface area contributed by atoms with Gasteiger partial charge in [0.05, 0.1) is 26.7 Å². The molecule has 0 aliphatic heterocycles. The van der Waals surface area contributed by atoms with Gasteiger partial charge in [0.2, 0.25) is 5.91 Å². The van der Waals surface area contributed by atoms with Crippen molar-refractivity contribution >= 4 is 28.9 Å². The lowest BCUT2D eigenvalue weighted by Crippen LogP contribution is -2.29. The van der Waals surface area contributed by atoms with E-state index in [9.17, 15) is 14.4 Å². The molecule has 0 fully saturated rings. The predicted molar refractivity (Wildman–Crippen MR) is 223 cm³/mol. The topological polar surface area (TPSA) is 135 Å². The Bertz CT molecular complexity index is 1590. The normalized spacial score (nSPS) is 11.5. The number of carbonyl (C=O) groups excluding carboxylic acids is 2. The van der Waals surface area contributed by atoms with E-state index < -0.39 is 0 Å². The molecule has 3 aromatic rings. The molecule has 2 heterocycles. The fourth-order valence-corrected chi connectivity index (χ4v) is 6.84. The molecule has 0 spiro atoms. The number of aromatic amines is 1. The fraction of sp³-hybridized carbons (Fsp3) is 0.698. The predicted octanol–water partition coefficient (Wildman–Crippen LogP) is 8.13. The van der Waals surface area contributed by atoms with Crippen LogP contribution in [0.1, 0.15) is 141 Å². The van der Waals surface area contributed by atoms with Gasteiger partial charge in [-0.05, 0) is 83.0 Å². The molecule has 0 saturated heterocycles. The Morgan fingerprint density at radius 1 is 0.800 bits per heavy atom. The van der Waals surface area contributed by atoms with Crippen LogP contribution in [0.2, 0.25) is 0 Å². The molecule has 0 bridgehead atoms. The first-order chi connectivity index (χ1) is 26.8. The van der Waals surface area contributed by atoms with E-state index >= 15 is 0 Å². The highest BCUT2D eigenvalue weighted by Gasteiger charge is 2.19. The third kappa shape index (κ3) is 17.7. The van der Waals surface area contributed by atoms with E-state index in [0.717, 1.165) is 69.4 Å². The minimum absolute atomic E-state index is 0.104. The first-order valence-electron chi connectivity index (χ1n) is 21.3. The number of ether oxygens (including phenoxy) is 2. The van der Waals surface area contributed by atoms with Crippen LogP contribution in [-0.4, -0.2) is 94.7 Å². The van der Waals surface area contributed by atoms with E-state index in [-0.39, 0.29) is 42.4 Å². The van der Waals surface area contributed by atoms with Gasteiger partial charge in [-0.3, -0.25) is 14.2 Å². The molecule has 12 nitrogen and oxygen atoms in total. The van der Waals surface area contributed by atoms with Crippen molar-refractivity contribution < 1.29 is 19.1 Å². The molecule has 1 amide bonds. The van der Waals surface area contributed by atoms with Gasteiger partial charge >= 0.3 is 17.7 Å². The van der Waals surface area contributed by atoms with E-state index in [2.05, 4.69) is 57.9 Å². The van der Waals surface area contributed by atoms with Gasteiger partial charge in [0.1, 0.15) is 5.52 Å². The number of H-pyrrole nitrogens is 1. The average molecular weight is 766 g/mol. The molecule has 308 valence electrons. The van der Waals surface area contributed by atoms with Crippen molar-refractivity contribution in [3.63, 3.8) is 0 Å². The largest absolute Gasteiger partial charge is 0.469 e. The molecule has 3 rings (SSSR count). The zero-order chi connectivity index (χ0) is 39.7. The second-order valence-corrected chi connectivity index (χ2v) is 15.0. The Morgan fingerprint density at radius 2 is 1.44 bits per heavy atom. The summed E-state index contributed by atoms with van der Waals surface area (Å²) in [5, 5.41) is 2.92. The maximum atomic E-state index is 13.2. The number of unbranched alkanes of at least 4 members (excludes halogenated alkanes) is 12. The van der Waals surface area contributed by atoms with E-state index in [1.807, 2.05) is 24.3 Å². The molecular weight excluding hydrogens is 695 g/mol. The number of methoxy groups -OCH3 is 1. The van der Waals surface area contributed by atoms with Gasteiger partial charge in [0.15, 0.2) is 11.5 Å². The Labute approximate surface area is 330 Å². The van der Waals surface area contributed by atoms with Crippen molar-refractivity contribution in [2.45, 2.75) is 143 Å². The van der Waals surface area contributed by atoms with E-state index in [1.54, 1.807) is 0 Å². The van der Waals surface area contributed by atoms with Crippen LogP contribution in [0.4, 0.5) is 5.82 Å². The number of nitrogens with one attached hydrogen (secondary N) is 2. The van der Waals surface area contributed by atoms with Crippen molar-refractivity contribution in [2.75, 3.05) is 58.8 Å². The molecule has 0 radical (unpaired) electrons. The molecule has 1 aromatic carbocycles. The zero-order valence-electron chi connectivity index (χ0n) is 34.8. The van der Waals surface area contributed by atoms with E-state index in [0.29, 0.717) is 24.2 Å². The molecule has 0 aliphatic carbocycles. The van der Waals surface area contributed by atoms with Gasteiger partial charge in [0, 0.05) is 6.42 Å². The second kappa shape index (κ2) is 26.9. The maximum Gasteiger partial charge on any atom is 0.328 e. The molecule has 0 saturated carbocycles. The van der Waals surface area contributed by atoms with Crippen LogP contribution >= 0.6 is 0 Å². The Balaban J connectivity index is 1.42. The number of aromatic nitrogens is 4. The van der Waals surface area contributed by atoms with Gasteiger partial charge < -0.3 is 29.6 Å².